The van der Waals surface area contributed by atoms with Crippen LogP contribution in [0, 0.1) is 0 Å². The molecular formula is C25H29N5O3S3. The van der Waals surface area contributed by atoms with Gasteiger partial charge in [0, 0.05) is 22.7 Å². The molecule has 1 aromatic carbocycles. The average Bonchev–Trinajstić information content (AvgIpc) is 3.47. The van der Waals surface area contributed by atoms with E-state index in [9.17, 15) is 4.79 Å². The number of rotatable bonds is 9. The van der Waals surface area contributed by atoms with Crippen LogP contribution in [0.4, 0.5) is 5.69 Å². The van der Waals surface area contributed by atoms with Gasteiger partial charge in [-0.3, -0.25) is 4.79 Å². The molecule has 0 radical (unpaired) electrons. The summed E-state index contributed by atoms with van der Waals surface area (Å²) in [7, 11) is 1.62. The van der Waals surface area contributed by atoms with Crippen LogP contribution >= 0.6 is 34.9 Å². The van der Waals surface area contributed by atoms with Crippen LogP contribution in [0.2, 0.25) is 0 Å². The van der Waals surface area contributed by atoms with E-state index in [4.69, 9.17) is 14.5 Å². The number of benzene rings is 1. The van der Waals surface area contributed by atoms with Crippen molar-refractivity contribution in [2.24, 2.45) is 0 Å². The molecule has 0 saturated heterocycles. The Kier molecular flexibility index (Phi) is 7.43. The number of amides is 1. The van der Waals surface area contributed by atoms with Crippen LogP contribution in [0.5, 0.6) is 5.75 Å². The second kappa shape index (κ2) is 10.6. The van der Waals surface area contributed by atoms with E-state index in [1.54, 1.807) is 30.2 Å². The van der Waals surface area contributed by atoms with Gasteiger partial charge in [0.1, 0.15) is 10.6 Å². The molecule has 1 atom stereocenters. The zero-order chi connectivity index (χ0) is 25.3. The van der Waals surface area contributed by atoms with E-state index in [2.05, 4.69) is 36.3 Å². The number of aromatic nitrogens is 4. The van der Waals surface area contributed by atoms with Gasteiger partial charge >= 0.3 is 0 Å². The maximum atomic E-state index is 12.7. The fourth-order valence-electron chi connectivity index (χ4n) is 4.13. The van der Waals surface area contributed by atoms with Gasteiger partial charge in [0.25, 0.3) is 0 Å². The Hall–Kier alpha value is -2.34. The molecule has 1 aliphatic heterocycles. The summed E-state index contributed by atoms with van der Waals surface area (Å²) in [5.74, 6) is 1.79. The Balaban J connectivity index is 1.46. The minimum atomic E-state index is -0.190. The number of ether oxygens (including phenoxy) is 2. The van der Waals surface area contributed by atoms with Gasteiger partial charge in [-0.2, -0.15) is 0 Å². The smallest absolute Gasteiger partial charge is 0.234 e. The lowest BCUT2D eigenvalue weighted by Gasteiger charge is -2.33. The Bertz CT molecular complexity index is 1400. The zero-order valence-electron chi connectivity index (χ0n) is 20.8. The summed E-state index contributed by atoms with van der Waals surface area (Å²) in [4.78, 5) is 19.9. The Morgan fingerprint density at radius 1 is 1.22 bits per heavy atom. The first-order chi connectivity index (χ1) is 17.4. The highest BCUT2D eigenvalue weighted by atomic mass is 32.2. The molecule has 0 saturated carbocycles. The van der Waals surface area contributed by atoms with Crippen molar-refractivity contribution in [2.45, 2.75) is 62.6 Å². The highest BCUT2D eigenvalue weighted by Gasteiger charge is 2.33. The third kappa shape index (κ3) is 4.93. The molecule has 1 aliphatic rings. The van der Waals surface area contributed by atoms with E-state index in [1.165, 1.54) is 22.2 Å². The predicted molar refractivity (Wildman–Crippen MR) is 147 cm³/mol. The fraction of sp³-hybridized carbons (Fsp3) is 0.440. The molecule has 1 amide bonds. The van der Waals surface area contributed by atoms with Crippen molar-refractivity contribution >= 4 is 62.3 Å². The van der Waals surface area contributed by atoms with Gasteiger partial charge in [-0.25, -0.2) is 9.38 Å². The van der Waals surface area contributed by atoms with Gasteiger partial charge in [-0.1, -0.05) is 37.4 Å². The van der Waals surface area contributed by atoms with Crippen molar-refractivity contribution in [1.29, 1.82) is 0 Å². The van der Waals surface area contributed by atoms with Crippen LogP contribution in [-0.2, 0) is 22.6 Å². The molecule has 0 unspecified atom stereocenters. The number of nitrogens with zero attached hydrogens (tertiary/aromatic N) is 4. The molecule has 11 heteroatoms. The molecule has 3 aromatic heterocycles. The summed E-state index contributed by atoms with van der Waals surface area (Å²) < 4.78 is 13.4. The van der Waals surface area contributed by atoms with E-state index >= 15 is 0 Å². The molecular weight excluding hydrogens is 515 g/mol. The number of thioether (sulfide) groups is 2. The average molecular weight is 544 g/mol. The number of carbonyl (C=O) groups is 1. The van der Waals surface area contributed by atoms with E-state index < -0.39 is 0 Å². The van der Waals surface area contributed by atoms with Crippen LogP contribution in [0.3, 0.4) is 0 Å². The summed E-state index contributed by atoms with van der Waals surface area (Å²) in [5, 5.41) is 14.6. The summed E-state index contributed by atoms with van der Waals surface area (Å²) in [5.41, 5.74) is 2.62. The fourth-order valence-corrected chi connectivity index (χ4v) is 6.92. The molecule has 36 heavy (non-hydrogen) atoms. The Morgan fingerprint density at radius 2 is 2.03 bits per heavy atom. The lowest BCUT2D eigenvalue weighted by atomic mass is 9.90. The highest BCUT2D eigenvalue weighted by molar-refractivity contribution is 8.00. The summed E-state index contributed by atoms with van der Waals surface area (Å²) in [6.07, 6.45) is 2.80. The van der Waals surface area contributed by atoms with Crippen molar-refractivity contribution < 1.29 is 14.3 Å². The molecule has 1 N–H and O–H groups in total. The van der Waals surface area contributed by atoms with Gasteiger partial charge in [0.15, 0.2) is 16.0 Å². The van der Waals surface area contributed by atoms with Crippen LogP contribution in [0.25, 0.3) is 15.9 Å². The van der Waals surface area contributed by atoms with Crippen molar-refractivity contribution in [3.8, 4) is 5.75 Å². The van der Waals surface area contributed by atoms with Crippen molar-refractivity contribution in [3.63, 3.8) is 0 Å². The number of methoxy groups -OCH3 is 1. The molecule has 0 fully saturated rings. The first-order valence-electron chi connectivity index (χ1n) is 12.0. The number of fused-ring (bicyclic) bond motifs is 5. The van der Waals surface area contributed by atoms with E-state index in [0.717, 1.165) is 57.5 Å². The monoisotopic (exact) mass is 543 g/mol. The van der Waals surface area contributed by atoms with Crippen molar-refractivity contribution in [3.05, 3.63) is 34.7 Å². The highest BCUT2D eigenvalue weighted by Crippen LogP contribution is 2.42. The van der Waals surface area contributed by atoms with Crippen LogP contribution in [-0.4, -0.2) is 49.7 Å². The molecule has 4 heterocycles. The maximum Gasteiger partial charge on any atom is 0.234 e. The number of nitrogens with one attached hydrogen (secondary N) is 1. The van der Waals surface area contributed by atoms with E-state index in [-0.39, 0.29) is 17.3 Å². The first kappa shape index (κ1) is 25.3. The van der Waals surface area contributed by atoms with E-state index in [1.807, 2.05) is 28.7 Å². The lowest BCUT2D eigenvalue weighted by Crippen LogP contribution is -2.33. The minimum absolute atomic E-state index is 0.109. The van der Waals surface area contributed by atoms with Crippen molar-refractivity contribution in [2.75, 3.05) is 23.9 Å². The standard InChI is InChI=1S/C25H29N5O3S3/c1-5-11-34-23-27-22-20(17-12-25(3,6-2)33-13-18(17)36-22)21-28-29-24(30(21)23)35-14-19(31)26-15-7-9-16(32-4)10-8-15/h7-10H,5-6,11-14H2,1-4H3,(H,26,31)/t25-/m1/s1. The van der Waals surface area contributed by atoms with Crippen LogP contribution in [0.15, 0.2) is 34.6 Å². The number of hydrogen-bond donors (Lipinski definition) is 1. The van der Waals surface area contributed by atoms with Gasteiger partial charge in [0.05, 0.1) is 30.5 Å². The Morgan fingerprint density at radius 3 is 2.75 bits per heavy atom. The van der Waals surface area contributed by atoms with Gasteiger partial charge < -0.3 is 14.8 Å². The molecule has 5 rings (SSSR count). The number of carbonyl (C=O) groups excluding carboxylic acids is 1. The predicted octanol–water partition coefficient (Wildman–Crippen LogP) is 5.82. The Labute approximate surface area is 222 Å². The topological polar surface area (TPSA) is 90.6 Å². The minimum Gasteiger partial charge on any atom is -0.497 e. The largest absolute Gasteiger partial charge is 0.497 e. The van der Waals surface area contributed by atoms with E-state index in [0.29, 0.717) is 11.8 Å². The first-order valence-corrected chi connectivity index (χ1v) is 14.8. The summed E-state index contributed by atoms with van der Waals surface area (Å²) in [6.45, 7) is 7.09. The molecule has 190 valence electrons. The third-order valence-corrected chi connectivity index (χ3v) is 9.48. The quantitative estimate of drug-likeness (QED) is 0.209. The SMILES string of the molecule is CCCSc1nc2sc3c(c2c2nnc(SCC(=O)Nc4ccc(OC)cc4)n12)C[C@@](C)(CC)OC3. The second-order valence-electron chi connectivity index (χ2n) is 8.90. The van der Waals surface area contributed by atoms with Gasteiger partial charge in [0.2, 0.25) is 5.91 Å². The maximum absolute atomic E-state index is 12.7. The molecule has 0 spiro atoms. The second-order valence-corrected chi connectivity index (χ2v) is 12.0. The van der Waals surface area contributed by atoms with Crippen LogP contribution in [0.1, 0.15) is 44.1 Å². The number of thiophene rings is 1. The molecule has 0 aliphatic carbocycles. The normalized spacial score (nSPS) is 17.4. The summed E-state index contributed by atoms with van der Waals surface area (Å²) >= 11 is 4.76. The molecule has 8 nitrogen and oxygen atoms in total. The van der Waals surface area contributed by atoms with Gasteiger partial charge in [-0.05, 0) is 49.6 Å². The zero-order valence-corrected chi connectivity index (χ0v) is 23.2. The molecule has 4 aromatic rings. The van der Waals surface area contributed by atoms with Crippen molar-refractivity contribution in [1.82, 2.24) is 19.6 Å². The third-order valence-electron chi connectivity index (χ3n) is 6.31. The number of anilines is 1. The number of hydrogen-bond acceptors (Lipinski definition) is 9. The lowest BCUT2D eigenvalue weighted by molar-refractivity contribution is -0.113. The molecule has 0 bridgehead atoms. The van der Waals surface area contributed by atoms with Gasteiger partial charge in [-0.15, -0.1) is 21.5 Å². The summed E-state index contributed by atoms with van der Waals surface area (Å²) in [6, 6.07) is 7.28. The van der Waals surface area contributed by atoms with Crippen LogP contribution < -0.4 is 10.1 Å².